The summed E-state index contributed by atoms with van der Waals surface area (Å²) in [4.78, 5) is 2.18. The van der Waals surface area contributed by atoms with Gasteiger partial charge in [-0.3, -0.25) is 4.90 Å². The Labute approximate surface area is 120 Å². The van der Waals surface area contributed by atoms with E-state index in [9.17, 15) is 9.50 Å². The van der Waals surface area contributed by atoms with E-state index in [-0.39, 0.29) is 23.8 Å². The fraction of sp³-hybridized carbons (Fsp3) is 0.750. The Morgan fingerprint density at radius 2 is 2.25 bits per heavy atom. The molecule has 2 aliphatic carbocycles. The number of allylic oxidation sites excluding steroid dienone is 2. The quantitative estimate of drug-likeness (QED) is 0.844. The summed E-state index contributed by atoms with van der Waals surface area (Å²) < 4.78 is 18.8. The Bertz CT molecular complexity index is 421. The van der Waals surface area contributed by atoms with Crippen LogP contribution in [-0.4, -0.2) is 48.0 Å². The van der Waals surface area contributed by atoms with E-state index in [2.05, 4.69) is 4.90 Å². The van der Waals surface area contributed by atoms with Crippen molar-refractivity contribution in [3.05, 3.63) is 24.1 Å². The highest BCUT2D eigenvalue weighted by Gasteiger charge is 2.50. The van der Waals surface area contributed by atoms with Crippen molar-refractivity contribution in [1.29, 1.82) is 0 Å². The molecule has 1 saturated carbocycles. The van der Waals surface area contributed by atoms with Gasteiger partial charge in [0.25, 0.3) is 0 Å². The largest absolute Gasteiger partial charge is 0.388 e. The van der Waals surface area contributed by atoms with Crippen molar-refractivity contribution < 1.29 is 14.2 Å². The molecule has 0 spiro atoms. The Morgan fingerprint density at radius 1 is 1.40 bits per heavy atom. The van der Waals surface area contributed by atoms with Crippen LogP contribution in [-0.2, 0) is 4.74 Å². The maximum atomic E-state index is 13.1. The molecule has 0 aromatic carbocycles. The third kappa shape index (κ3) is 2.45. The van der Waals surface area contributed by atoms with Gasteiger partial charge in [-0.2, -0.15) is 0 Å². The number of rotatable bonds is 2. The Balaban J connectivity index is 1.76. The van der Waals surface area contributed by atoms with Gasteiger partial charge in [-0.15, -0.1) is 0 Å². The van der Waals surface area contributed by atoms with Gasteiger partial charge in [-0.25, -0.2) is 4.39 Å². The highest BCUT2D eigenvalue weighted by atomic mass is 19.1. The lowest BCUT2D eigenvalue weighted by atomic mass is 9.69. The van der Waals surface area contributed by atoms with Gasteiger partial charge in [0.15, 0.2) is 0 Å². The molecular formula is C16H24FNO2. The van der Waals surface area contributed by atoms with E-state index in [4.69, 9.17) is 4.74 Å². The predicted octanol–water partition coefficient (Wildman–Crippen LogP) is 2.42. The van der Waals surface area contributed by atoms with Gasteiger partial charge < -0.3 is 9.84 Å². The SMILES string of the molecule is CN(C1C=CC(F)=CC1)C1COCC2CCCCC21O. The molecule has 3 aliphatic rings. The molecule has 3 rings (SSSR count). The van der Waals surface area contributed by atoms with Crippen molar-refractivity contribution in [3.63, 3.8) is 0 Å². The van der Waals surface area contributed by atoms with E-state index >= 15 is 0 Å². The second-order valence-corrected chi connectivity index (χ2v) is 6.40. The van der Waals surface area contributed by atoms with E-state index in [0.29, 0.717) is 19.6 Å². The topological polar surface area (TPSA) is 32.7 Å². The second kappa shape index (κ2) is 5.58. The van der Waals surface area contributed by atoms with Gasteiger partial charge in [0, 0.05) is 12.0 Å². The summed E-state index contributed by atoms with van der Waals surface area (Å²) in [7, 11) is 2.02. The Morgan fingerprint density at radius 3 is 3.00 bits per heavy atom. The lowest BCUT2D eigenvalue weighted by Gasteiger charge is -2.52. The Kier molecular flexibility index (Phi) is 3.98. The van der Waals surface area contributed by atoms with Crippen LogP contribution in [0.4, 0.5) is 4.39 Å². The van der Waals surface area contributed by atoms with E-state index in [1.807, 2.05) is 13.1 Å². The van der Waals surface area contributed by atoms with Crippen LogP contribution in [0.25, 0.3) is 0 Å². The third-order valence-corrected chi connectivity index (χ3v) is 5.31. The molecule has 0 aromatic rings. The first-order valence-electron chi connectivity index (χ1n) is 7.67. The number of aliphatic hydroxyl groups is 1. The fourth-order valence-electron chi connectivity index (χ4n) is 3.97. The summed E-state index contributed by atoms with van der Waals surface area (Å²) in [6.45, 7) is 1.25. The Hall–Kier alpha value is -0.710. The van der Waals surface area contributed by atoms with Crippen LogP contribution in [0.2, 0.25) is 0 Å². The summed E-state index contributed by atoms with van der Waals surface area (Å²) in [6.07, 6.45) is 9.88. The normalized spacial score (nSPS) is 41.4. The zero-order chi connectivity index (χ0) is 14.2. The van der Waals surface area contributed by atoms with Crippen LogP contribution in [0.5, 0.6) is 0 Å². The monoisotopic (exact) mass is 281 g/mol. The van der Waals surface area contributed by atoms with Crippen molar-refractivity contribution in [2.24, 2.45) is 5.92 Å². The minimum Gasteiger partial charge on any atom is -0.388 e. The molecule has 0 radical (unpaired) electrons. The molecule has 4 heteroatoms. The predicted molar refractivity (Wildman–Crippen MR) is 76.0 cm³/mol. The van der Waals surface area contributed by atoms with Crippen LogP contribution >= 0.6 is 0 Å². The number of likely N-dealkylation sites (N-methyl/N-ethyl adjacent to an activating group) is 1. The molecule has 1 aliphatic heterocycles. The summed E-state index contributed by atoms with van der Waals surface area (Å²) in [5, 5.41) is 11.2. The zero-order valence-corrected chi connectivity index (χ0v) is 12.1. The zero-order valence-electron chi connectivity index (χ0n) is 12.1. The van der Waals surface area contributed by atoms with Crippen molar-refractivity contribution in [2.75, 3.05) is 20.3 Å². The minimum absolute atomic E-state index is 0.00533. The smallest absolute Gasteiger partial charge is 0.119 e. The van der Waals surface area contributed by atoms with Gasteiger partial charge in [0.2, 0.25) is 0 Å². The van der Waals surface area contributed by atoms with E-state index in [1.165, 1.54) is 12.5 Å². The second-order valence-electron chi connectivity index (χ2n) is 6.40. The number of halogens is 1. The molecule has 4 unspecified atom stereocenters. The van der Waals surface area contributed by atoms with E-state index in [1.54, 1.807) is 6.08 Å². The summed E-state index contributed by atoms with van der Waals surface area (Å²) in [5.74, 6) is 0.0843. The summed E-state index contributed by atoms with van der Waals surface area (Å²) in [6, 6.07) is 0.151. The molecule has 0 bridgehead atoms. The lowest BCUT2D eigenvalue weighted by molar-refractivity contribution is -0.182. The molecule has 2 fully saturated rings. The highest BCUT2D eigenvalue weighted by Crippen LogP contribution is 2.41. The van der Waals surface area contributed by atoms with Crippen LogP contribution in [0.1, 0.15) is 32.1 Å². The van der Waals surface area contributed by atoms with Gasteiger partial charge in [-0.05, 0) is 38.5 Å². The number of hydrogen-bond acceptors (Lipinski definition) is 3. The van der Waals surface area contributed by atoms with Crippen molar-refractivity contribution in [2.45, 2.75) is 49.8 Å². The van der Waals surface area contributed by atoms with Crippen LogP contribution in [0.15, 0.2) is 24.1 Å². The molecule has 112 valence electrons. The summed E-state index contributed by atoms with van der Waals surface area (Å²) >= 11 is 0. The maximum Gasteiger partial charge on any atom is 0.119 e. The van der Waals surface area contributed by atoms with E-state index < -0.39 is 5.60 Å². The van der Waals surface area contributed by atoms with Gasteiger partial charge in [0.1, 0.15) is 5.83 Å². The molecule has 1 N–H and O–H groups in total. The van der Waals surface area contributed by atoms with E-state index in [0.717, 1.165) is 19.3 Å². The van der Waals surface area contributed by atoms with Gasteiger partial charge in [-0.1, -0.05) is 18.9 Å². The molecule has 0 amide bonds. The number of fused-ring (bicyclic) bond motifs is 1. The average molecular weight is 281 g/mol. The lowest BCUT2D eigenvalue weighted by Crippen LogP contribution is -2.64. The minimum atomic E-state index is -0.640. The van der Waals surface area contributed by atoms with Gasteiger partial charge >= 0.3 is 0 Å². The fourth-order valence-corrected chi connectivity index (χ4v) is 3.97. The van der Waals surface area contributed by atoms with Gasteiger partial charge in [0.05, 0.1) is 24.9 Å². The third-order valence-electron chi connectivity index (χ3n) is 5.31. The standard InChI is InChI=1S/C16H24FNO2/c1-18(14-7-5-13(17)6-8-14)15-11-20-10-12-4-2-3-9-16(12,15)19/h5-7,12,14-15,19H,2-4,8-11H2,1H3. The van der Waals surface area contributed by atoms with Crippen molar-refractivity contribution in [3.8, 4) is 0 Å². The first-order valence-corrected chi connectivity index (χ1v) is 7.67. The first kappa shape index (κ1) is 14.2. The first-order chi connectivity index (χ1) is 9.61. The number of nitrogens with zero attached hydrogens (tertiary/aromatic N) is 1. The molecule has 1 saturated heterocycles. The highest BCUT2D eigenvalue weighted by molar-refractivity contribution is 5.20. The number of ether oxygens (including phenoxy) is 1. The number of hydrogen-bond donors (Lipinski definition) is 1. The molecule has 20 heavy (non-hydrogen) atoms. The van der Waals surface area contributed by atoms with Crippen molar-refractivity contribution >= 4 is 0 Å². The molecular weight excluding hydrogens is 257 g/mol. The van der Waals surface area contributed by atoms with Crippen LogP contribution in [0.3, 0.4) is 0 Å². The van der Waals surface area contributed by atoms with Crippen LogP contribution in [0, 0.1) is 5.92 Å². The molecule has 1 heterocycles. The summed E-state index contributed by atoms with van der Waals surface area (Å²) in [5.41, 5.74) is -0.640. The molecule has 0 aromatic heterocycles. The maximum absolute atomic E-state index is 13.1. The van der Waals surface area contributed by atoms with Crippen molar-refractivity contribution in [1.82, 2.24) is 4.90 Å². The molecule has 4 atom stereocenters. The average Bonchev–Trinajstić information content (AvgIpc) is 2.46. The molecule has 3 nitrogen and oxygen atoms in total. The van der Waals surface area contributed by atoms with Crippen LogP contribution < -0.4 is 0 Å².